The van der Waals surface area contributed by atoms with Gasteiger partial charge in [0.1, 0.15) is 6.07 Å². The van der Waals surface area contributed by atoms with Crippen LogP contribution >= 0.6 is 11.8 Å². The van der Waals surface area contributed by atoms with E-state index in [1.54, 1.807) is 30.5 Å². The van der Waals surface area contributed by atoms with Gasteiger partial charge in [-0.3, -0.25) is 4.79 Å². The fourth-order valence-corrected chi connectivity index (χ4v) is 2.43. The first kappa shape index (κ1) is 14.2. The van der Waals surface area contributed by atoms with E-state index >= 15 is 0 Å². The largest absolute Gasteiger partial charge is 0.329 e. The lowest BCUT2D eigenvalue weighted by Crippen LogP contribution is -2.23. The van der Waals surface area contributed by atoms with Crippen LogP contribution in [0.15, 0.2) is 41.8 Å². The number of carbonyl (C=O) groups is 1. The van der Waals surface area contributed by atoms with E-state index in [0.29, 0.717) is 11.3 Å². The average Bonchev–Trinajstić information content (AvgIpc) is 2.84. The third-order valence-corrected chi connectivity index (χ3v) is 3.91. The SMILES string of the molecule is C[C@H](Sc1nccn1C)C(=O)Nc1ccccc1C#N. The van der Waals surface area contributed by atoms with Gasteiger partial charge in [-0.2, -0.15) is 5.26 Å². The molecular formula is C14H14N4OS. The normalized spacial score (nSPS) is 11.7. The zero-order valence-corrected chi connectivity index (χ0v) is 12.0. The first-order valence-electron chi connectivity index (χ1n) is 6.06. The van der Waals surface area contributed by atoms with Crippen LogP contribution in [-0.2, 0) is 11.8 Å². The summed E-state index contributed by atoms with van der Waals surface area (Å²) in [5, 5.41) is 12.2. The predicted molar refractivity (Wildman–Crippen MR) is 78.3 cm³/mol. The number of hydrogen-bond donors (Lipinski definition) is 1. The van der Waals surface area contributed by atoms with Crippen LogP contribution in [0.1, 0.15) is 12.5 Å². The molecule has 20 heavy (non-hydrogen) atoms. The number of nitrogens with one attached hydrogen (secondary N) is 1. The second-order valence-electron chi connectivity index (χ2n) is 4.23. The molecule has 1 N–H and O–H groups in total. The molecule has 1 atom stereocenters. The number of nitrogens with zero attached hydrogens (tertiary/aromatic N) is 3. The average molecular weight is 286 g/mol. The number of imidazole rings is 1. The molecule has 1 aromatic heterocycles. The second-order valence-corrected chi connectivity index (χ2v) is 5.54. The van der Waals surface area contributed by atoms with Gasteiger partial charge in [-0.15, -0.1) is 0 Å². The van der Waals surface area contributed by atoms with E-state index in [-0.39, 0.29) is 11.2 Å². The first-order chi connectivity index (χ1) is 9.61. The monoisotopic (exact) mass is 286 g/mol. The van der Waals surface area contributed by atoms with Gasteiger partial charge in [0.15, 0.2) is 5.16 Å². The van der Waals surface area contributed by atoms with E-state index in [0.717, 1.165) is 5.16 Å². The van der Waals surface area contributed by atoms with Crippen molar-refractivity contribution in [2.24, 2.45) is 7.05 Å². The van der Waals surface area contributed by atoms with Crippen molar-refractivity contribution >= 4 is 23.4 Å². The lowest BCUT2D eigenvalue weighted by Gasteiger charge is -2.12. The van der Waals surface area contributed by atoms with Gasteiger partial charge in [0.05, 0.1) is 16.5 Å². The van der Waals surface area contributed by atoms with Crippen molar-refractivity contribution in [3.8, 4) is 6.07 Å². The Hall–Kier alpha value is -2.26. The van der Waals surface area contributed by atoms with Gasteiger partial charge >= 0.3 is 0 Å². The third kappa shape index (κ3) is 3.19. The lowest BCUT2D eigenvalue weighted by molar-refractivity contribution is -0.115. The molecule has 0 bridgehead atoms. The first-order valence-corrected chi connectivity index (χ1v) is 6.93. The zero-order valence-electron chi connectivity index (χ0n) is 11.2. The number of nitriles is 1. The zero-order chi connectivity index (χ0) is 14.5. The van der Waals surface area contributed by atoms with Gasteiger partial charge in [0.25, 0.3) is 0 Å². The van der Waals surface area contributed by atoms with Crippen molar-refractivity contribution < 1.29 is 4.79 Å². The molecule has 0 aliphatic rings. The van der Waals surface area contributed by atoms with Crippen molar-refractivity contribution in [1.82, 2.24) is 9.55 Å². The molecule has 5 nitrogen and oxygen atoms in total. The van der Waals surface area contributed by atoms with Crippen molar-refractivity contribution in [2.75, 3.05) is 5.32 Å². The van der Waals surface area contributed by atoms with E-state index in [2.05, 4.69) is 16.4 Å². The molecule has 0 fully saturated rings. The summed E-state index contributed by atoms with van der Waals surface area (Å²) in [5.74, 6) is -0.152. The fraction of sp³-hybridized carbons (Fsp3) is 0.214. The van der Waals surface area contributed by atoms with Crippen LogP contribution in [0.4, 0.5) is 5.69 Å². The number of thioether (sulfide) groups is 1. The molecule has 0 radical (unpaired) electrons. The Kier molecular flexibility index (Phi) is 4.43. The molecule has 0 unspecified atom stereocenters. The number of para-hydroxylation sites is 1. The van der Waals surface area contributed by atoms with Gasteiger partial charge in [-0.05, 0) is 19.1 Å². The molecule has 6 heteroatoms. The van der Waals surface area contributed by atoms with Crippen molar-refractivity contribution in [3.05, 3.63) is 42.2 Å². The maximum atomic E-state index is 12.1. The molecule has 2 rings (SSSR count). The lowest BCUT2D eigenvalue weighted by atomic mass is 10.2. The number of carbonyl (C=O) groups excluding carboxylic acids is 1. The van der Waals surface area contributed by atoms with E-state index in [1.807, 2.05) is 24.7 Å². The van der Waals surface area contributed by atoms with Crippen LogP contribution in [-0.4, -0.2) is 20.7 Å². The van der Waals surface area contributed by atoms with Crippen LogP contribution in [0, 0.1) is 11.3 Å². The molecule has 0 spiro atoms. The Balaban J connectivity index is 2.05. The summed E-state index contributed by atoms with van der Waals surface area (Å²) < 4.78 is 1.86. The summed E-state index contributed by atoms with van der Waals surface area (Å²) in [5.41, 5.74) is 0.988. The van der Waals surface area contributed by atoms with Crippen molar-refractivity contribution in [3.63, 3.8) is 0 Å². The number of aromatic nitrogens is 2. The summed E-state index contributed by atoms with van der Waals surface area (Å²) in [4.78, 5) is 16.3. The highest BCUT2D eigenvalue weighted by atomic mass is 32.2. The Morgan fingerprint density at radius 3 is 2.90 bits per heavy atom. The Labute approximate surface area is 121 Å². The molecule has 2 aromatic rings. The van der Waals surface area contributed by atoms with Crippen LogP contribution in [0.5, 0.6) is 0 Å². The minimum Gasteiger partial charge on any atom is -0.329 e. The van der Waals surface area contributed by atoms with Gasteiger partial charge < -0.3 is 9.88 Å². The molecule has 1 aromatic carbocycles. The second kappa shape index (κ2) is 6.26. The number of anilines is 1. The Morgan fingerprint density at radius 2 is 2.25 bits per heavy atom. The number of rotatable bonds is 4. The quantitative estimate of drug-likeness (QED) is 0.876. The van der Waals surface area contributed by atoms with Gasteiger partial charge in [0.2, 0.25) is 5.91 Å². The van der Waals surface area contributed by atoms with Crippen LogP contribution in [0.25, 0.3) is 0 Å². The van der Waals surface area contributed by atoms with Gasteiger partial charge in [0, 0.05) is 19.4 Å². The van der Waals surface area contributed by atoms with E-state index < -0.39 is 0 Å². The summed E-state index contributed by atoms with van der Waals surface area (Å²) in [7, 11) is 1.88. The highest BCUT2D eigenvalue weighted by Gasteiger charge is 2.17. The third-order valence-electron chi connectivity index (χ3n) is 2.73. The summed E-state index contributed by atoms with van der Waals surface area (Å²) in [6.45, 7) is 1.81. The predicted octanol–water partition coefficient (Wildman–Crippen LogP) is 2.41. The summed E-state index contributed by atoms with van der Waals surface area (Å²) >= 11 is 1.37. The van der Waals surface area contributed by atoms with Gasteiger partial charge in [-0.1, -0.05) is 23.9 Å². The Morgan fingerprint density at radius 1 is 1.50 bits per heavy atom. The fourth-order valence-electron chi connectivity index (χ4n) is 1.60. The van der Waals surface area contributed by atoms with Crippen LogP contribution in [0.2, 0.25) is 0 Å². The summed E-state index contributed by atoms with van der Waals surface area (Å²) in [6.07, 6.45) is 3.52. The number of hydrogen-bond acceptors (Lipinski definition) is 4. The minimum atomic E-state index is -0.303. The van der Waals surface area contributed by atoms with Crippen molar-refractivity contribution in [1.29, 1.82) is 5.26 Å². The van der Waals surface area contributed by atoms with Crippen molar-refractivity contribution in [2.45, 2.75) is 17.3 Å². The smallest absolute Gasteiger partial charge is 0.237 e. The van der Waals surface area contributed by atoms with Crippen LogP contribution < -0.4 is 5.32 Å². The molecule has 1 heterocycles. The number of benzene rings is 1. The molecule has 0 aliphatic heterocycles. The molecule has 0 aliphatic carbocycles. The maximum absolute atomic E-state index is 12.1. The number of amides is 1. The molecule has 102 valence electrons. The highest BCUT2D eigenvalue weighted by molar-refractivity contribution is 8.00. The topological polar surface area (TPSA) is 70.7 Å². The Bertz CT molecular complexity index is 659. The highest BCUT2D eigenvalue weighted by Crippen LogP contribution is 2.22. The molecule has 0 saturated carbocycles. The van der Waals surface area contributed by atoms with Crippen LogP contribution in [0.3, 0.4) is 0 Å². The molecular weight excluding hydrogens is 272 g/mol. The maximum Gasteiger partial charge on any atom is 0.237 e. The molecule has 1 amide bonds. The standard InChI is InChI=1S/C14H14N4OS/c1-10(20-14-16-7-8-18(14)2)13(19)17-12-6-4-3-5-11(12)9-15/h3-8,10H,1-2H3,(H,17,19)/t10-/m0/s1. The van der Waals surface area contributed by atoms with E-state index in [9.17, 15) is 4.79 Å². The minimum absolute atomic E-state index is 0.152. The van der Waals surface area contributed by atoms with E-state index in [1.165, 1.54) is 11.8 Å². The summed E-state index contributed by atoms with van der Waals surface area (Å²) in [6, 6.07) is 9.00. The van der Waals surface area contributed by atoms with Gasteiger partial charge in [-0.25, -0.2) is 4.98 Å². The number of aryl methyl sites for hydroxylation is 1. The van der Waals surface area contributed by atoms with E-state index in [4.69, 9.17) is 5.26 Å². The molecule has 0 saturated heterocycles.